The molecule has 0 bridgehead atoms. The molecule has 4 aromatic rings. The third-order valence-corrected chi connectivity index (χ3v) is 9.81. The van der Waals surface area contributed by atoms with Crippen LogP contribution in [0.25, 0.3) is 11.3 Å². The van der Waals surface area contributed by atoms with Gasteiger partial charge in [0.05, 0.1) is 0 Å². The van der Waals surface area contributed by atoms with Crippen molar-refractivity contribution >= 4 is 70.9 Å². The van der Waals surface area contributed by atoms with Crippen LogP contribution in [-0.4, -0.2) is 46.6 Å². The average Bonchev–Trinajstić information content (AvgIpc) is 2.74. The molecule has 0 atom stereocenters. The summed E-state index contributed by atoms with van der Waals surface area (Å²) in [6, 6.07) is 24.0. The summed E-state index contributed by atoms with van der Waals surface area (Å²) in [5.74, 6) is 0. The monoisotopic (exact) mass is 668 g/mol. The van der Waals surface area contributed by atoms with E-state index in [-0.39, 0.29) is 35.1 Å². The van der Waals surface area contributed by atoms with Crippen LogP contribution in [-0.2, 0) is 20.1 Å². The molecule has 6 rings (SSSR count). The van der Waals surface area contributed by atoms with E-state index in [1.54, 1.807) is 12.4 Å². The molecule has 3 aromatic carbocycles. The van der Waals surface area contributed by atoms with Crippen LogP contribution < -0.4 is 34.2 Å². The number of benzene rings is 3. The molecule has 1 aromatic heterocycles. The summed E-state index contributed by atoms with van der Waals surface area (Å²) >= 11 is 0.587. The quantitative estimate of drug-likeness (QED) is 0.156. The Hall–Kier alpha value is -1.51. The summed E-state index contributed by atoms with van der Waals surface area (Å²) in [7, 11) is 0. The zero-order valence-electron chi connectivity index (χ0n) is 14.5. The number of hydrogen-bond donors (Lipinski definition) is 0. The fraction of sp³-hybridized carbons (Fsp3) is 0. The SMILES string of the molecule is [Ir].[c-]1c(-c2cnccn2)cc2c3c1[Se]c1ccccc1B3c1ccccc1[Se]2. The van der Waals surface area contributed by atoms with Gasteiger partial charge < -0.3 is 0 Å². The molecule has 1 radical (unpaired) electrons. The van der Waals surface area contributed by atoms with Crippen LogP contribution in [0.2, 0.25) is 0 Å². The van der Waals surface area contributed by atoms with Crippen molar-refractivity contribution in [2.24, 2.45) is 0 Å². The standard InChI is InChI=1S/C22H12BN2Se2.Ir/c1-3-7-18-15(5-1)23-16-6-2-4-8-19(16)27-21-12-14(11-20(26-18)22(21)23)17-13-24-9-10-25-17;/h1-11,13H;/q-1;. The van der Waals surface area contributed by atoms with Crippen LogP contribution in [0.4, 0.5) is 0 Å². The summed E-state index contributed by atoms with van der Waals surface area (Å²) < 4.78 is 5.84. The zero-order valence-corrected chi connectivity index (χ0v) is 20.4. The molecule has 2 nitrogen and oxygen atoms in total. The van der Waals surface area contributed by atoms with Crippen molar-refractivity contribution in [1.29, 1.82) is 0 Å². The number of fused-ring (bicyclic) bond motifs is 4. The first kappa shape index (κ1) is 18.5. The first-order valence-corrected chi connectivity index (χ1v) is 12.2. The van der Waals surface area contributed by atoms with Crippen LogP contribution in [0.5, 0.6) is 0 Å². The number of nitrogens with zero attached hydrogens (tertiary/aromatic N) is 2. The number of aromatic nitrogens is 2. The van der Waals surface area contributed by atoms with Gasteiger partial charge in [-0.05, 0) is 0 Å². The number of hydrogen-bond acceptors (Lipinski definition) is 2. The minimum absolute atomic E-state index is 0. The van der Waals surface area contributed by atoms with Crippen LogP contribution >= 0.6 is 0 Å². The Morgan fingerprint density at radius 1 is 0.821 bits per heavy atom. The fourth-order valence-corrected chi connectivity index (χ4v) is 9.18. The van der Waals surface area contributed by atoms with E-state index in [1.807, 2.05) is 6.20 Å². The Morgan fingerprint density at radius 2 is 1.54 bits per heavy atom. The van der Waals surface area contributed by atoms with E-state index in [9.17, 15) is 0 Å². The fourth-order valence-electron chi connectivity index (χ4n) is 3.89. The molecular formula is C22H12BIrN2Se2-. The van der Waals surface area contributed by atoms with Gasteiger partial charge in [-0.2, -0.15) is 0 Å². The van der Waals surface area contributed by atoms with Gasteiger partial charge in [-0.1, -0.05) is 0 Å². The Labute approximate surface area is 190 Å². The van der Waals surface area contributed by atoms with Crippen molar-refractivity contribution in [3.8, 4) is 11.3 Å². The number of rotatable bonds is 1. The second kappa shape index (κ2) is 7.39. The van der Waals surface area contributed by atoms with Gasteiger partial charge >= 0.3 is 171 Å². The summed E-state index contributed by atoms with van der Waals surface area (Å²) in [4.78, 5) is 8.78. The predicted octanol–water partition coefficient (Wildman–Crippen LogP) is -1.61. The van der Waals surface area contributed by atoms with Crippen molar-refractivity contribution in [1.82, 2.24) is 9.97 Å². The Kier molecular flexibility index (Phi) is 4.89. The molecule has 0 fully saturated rings. The first-order valence-electron chi connectivity index (χ1n) is 8.78. The van der Waals surface area contributed by atoms with Gasteiger partial charge in [-0.25, -0.2) is 0 Å². The van der Waals surface area contributed by atoms with Gasteiger partial charge in [0.25, 0.3) is 0 Å². The molecule has 135 valence electrons. The Balaban J connectivity index is 0.00000171. The van der Waals surface area contributed by atoms with E-state index < -0.39 is 0 Å². The van der Waals surface area contributed by atoms with E-state index >= 15 is 0 Å². The minimum atomic E-state index is 0. The molecule has 0 aliphatic carbocycles. The summed E-state index contributed by atoms with van der Waals surface area (Å²) in [5, 5.41) is 0. The molecule has 0 amide bonds. The molecule has 2 aliphatic rings. The topological polar surface area (TPSA) is 25.8 Å². The summed E-state index contributed by atoms with van der Waals surface area (Å²) in [5.41, 5.74) is 6.47. The molecule has 3 heterocycles. The Morgan fingerprint density at radius 3 is 2.25 bits per heavy atom. The van der Waals surface area contributed by atoms with E-state index in [2.05, 4.69) is 70.6 Å². The van der Waals surface area contributed by atoms with Gasteiger partial charge in [0.1, 0.15) is 0 Å². The maximum absolute atomic E-state index is 4.52. The van der Waals surface area contributed by atoms with Gasteiger partial charge in [-0.15, -0.1) is 0 Å². The van der Waals surface area contributed by atoms with Crippen molar-refractivity contribution < 1.29 is 20.1 Å². The van der Waals surface area contributed by atoms with Crippen molar-refractivity contribution in [2.75, 3.05) is 0 Å². The predicted molar refractivity (Wildman–Crippen MR) is 114 cm³/mol. The Bertz CT molecular complexity index is 1130. The van der Waals surface area contributed by atoms with Gasteiger partial charge in [0.15, 0.2) is 0 Å². The molecule has 28 heavy (non-hydrogen) atoms. The van der Waals surface area contributed by atoms with Crippen molar-refractivity contribution in [3.05, 3.63) is 79.3 Å². The normalized spacial score (nSPS) is 13.1. The van der Waals surface area contributed by atoms with E-state index in [0.717, 1.165) is 11.3 Å². The van der Waals surface area contributed by atoms with E-state index in [1.165, 1.54) is 34.2 Å². The van der Waals surface area contributed by atoms with E-state index in [4.69, 9.17) is 0 Å². The van der Waals surface area contributed by atoms with Crippen LogP contribution in [0.15, 0.2) is 73.2 Å². The molecular weight excluding hydrogens is 653 g/mol. The van der Waals surface area contributed by atoms with Crippen LogP contribution in [0.3, 0.4) is 0 Å². The summed E-state index contributed by atoms with van der Waals surface area (Å²) in [6.45, 7) is 0.348. The molecule has 0 N–H and O–H groups in total. The van der Waals surface area contributed by atoms with Gasteiger partial charge in [0, 0.05) is 20.1 Å². The van der Waals surface area contributed by atoms with Crippen LogP contribution in [0.1, 0.15) is 0 Å². The third kappa shape index (κ3) is 2.88. The second-order valence-electron chi connectivity index (χ2n) is 6.59. The molecule has 0 saturated carbocycles. The van der Waals surface area contributed by atoms with Gasteiger partial charge in [0.2, 0.25) is 0 Å². The summed E-state index contributed by atoms with van der Waals surface area (Å²) in [6.07, 6.45) is 5.33. The van der Waals surface area contributed by atoms with Crippen LogP contribution in [0, 0.1) is 6.07 Å². The van der Waals surface area contributed by atoms with Gasteiger partial charge in [-0.3, -0.25) is 0 Å². The molecule has 6 heteroatoms. The average molecular weight is 665 g/mol. The second-order valence-corrected chi connectivity index (χ2v) is 11.1. The molecule has 0 saturated heterocycles. The first-order chi connectivity index (χ1) is 13.4. The molecule has 2 aliphatic heterocycles. The maximum atomic E-state index is 4.52. The van der Waals surface area contributed by atoms with E-state index in [0.29, 0.717) is 21.7 Å². The molecule has 0 spiro atoms. The molecule has 0 unspecified atom stereocenters. The van der Waals surface area contributed by atoms with Crippen molar-refractivity contribution in [3.63, 3.8) is 0 Å². The third-order valence-electron chi connectivity index (χ3n) is 5.05. The zero-order chi connectivity index (χ0) is 17.8. The van der Waals surface area contributed by atoms with Crippen molar-refractivity contribution in [2.45, 2.75) is 0 Å².